The Balaban J connectivity index is 2.78. The molecule has 1 rings (SSSR count). The Morgan fingerprint density at radius 1 is 1.38 bits per heavy atom. The van der Waals surface area contributed by atoms with Crippen molar-refractivity contribution in [3.63, 3.8) is 0 Å². The van der Waals surface area contributed by atoms with Crippen molar-refractivity contribution in [2.75, 3.05) is 0 Å². The second kappa shape index (κ2) is 5.06. The third-order valence-electron chi connectivity index (χ3n) is 3.20. The number of carbonyl (C=O) groups is 1. The zero-order valence-corrected chi connectivity index (χ0v) is 11.3. The number of nitrogens with two attached hydrogens (primary N) is 1. The summed E-state index contributed by atoms with van der Waals surface area (Å²) in [4.78, 5) is 17.6. The van der Waals surface area contributed by atoms with Crippen molar-refractivity contribution in [2.24, 2.45) is 5.73 Å². The lowest BCUT2D eigenvalue weighted by Crippen LogP contribution is -2.47. The van der Waals surface area contributed by atoms with E-state index in [2.05, 4.69) is 4.98 Å². The number of Topliss-reactive ketones (excluding diaryl/α,β-unsaturated/α-hetero) is 1. The molecule has 16 heavy (non-hydrogen) atoms. The fourth-order valence-corrected chi connectivity index (χ4v) is 2.51. The first-order chi connectivity index (χ1) is 7.42. The van der Waals surface area contributed by atoms with Crippen LogP contribution < -0.4 is 5.73 Å². The molecule has 0 aliphatic heterocycles. The zero-order valence-electron chi connectivity index (χ0n) is 10.5. The molecule has 0 atom stereocenters. The Labute approximate surface area is 101 Å². The SMILES string of the molecule is CCC(N)(CC)C(=O)Cc1nc(C)c(C)s1. The van der Waals surface area contributed by atoms with Gasteiger partial charge in [0, 0.05) is 4.88 Å². The van der Waals surface area contributed by atoms with Crippen molar-refractivity contribution < 1.29 is 4.79 Å². The second-order valence-electron chi connectivity index (χ2n) is 4.21. The summed E-state index contributed by atoms with van der Waals surface area (Å²) in [5, 5.41) is 0.886. The molecule has 4 heteroatoms. The van der Waals surface area contributed by atoms with E-state index < -0.39 is 5.54 Å². The Morgan fingerprint density at radius 2 is 1.94 bits per heavy atom. The molecule has 0 bridgehead atoms. The fourth-order valence-electron chi connectivity index (χ4n) is 1.57. The monoisotopic (exact) mass is 240 g/mol. The number of hydrogen-bond donors (Lipinski definition) is 1. The van der Waals surface area contributed by atoms with E-state index in [1.165, 1.54) is 4.88 Å². The average molecular weight is 240 g/mol. The summed E-state index contributed by atoms with van der Waals surface area (Å²) in [6.07, 6.45) is 1.74. The van der Waals surface area contributed by atoms with Crippen molar-refractivity contribution in [1.82, 2.24) is 4.98 Å². The normalized spacial score (nSPS) is 11.8. The summed E-state index contributed by atoms with van der Waals surface area (Å²) in [7, 11) is 0. The maximum absolute atomic E-state index is 12.1. The molecule has 3 nitrogen and oxygen atoms in total. The van der Waals surface area contributed by atoms with Gasteiger partial charge in [-0.1, -0.05) is 13.8 Å². The largest absolute Gasteiger partial charge is 0.319 e. The van der Waals surface area contributed by atoms with Gasteiger partial charge in [-0.25, -0.2) is 4.98 Å². The first-order valence-corrected chi connectivity index (χ1v) is 6.49. The van der Waals surface area contributed by atoms with E-state index in [9.17, 15) is 4.79 Å². The Bertz CT molecular complexity index is 361. The van der Waals surface area contributed by atoms with E-state index in [4.69, 9.17) is 5.73 Å². The molecule has 0 fully saturated rings. The molecule has 2 N–H and O–H groups in total. The van der Waals surface area contributed by atoms with Crippen molar-refractivity contribution in [3.8, 4) is 0 Å². The van der Waals surface area contributed by atoms with Gasteiger partial charge < -0.3 is 5.73 Å². The quantitative estimate of drug-likeness (QED) is 0.859. The number of nitrogens with zero attached hydrogens (tertiary/aromatic N) is 1. The van der Waals surface area contributed by atoms with Crippen LogP contribution in [0.2, 0.25) is 0 Å². The minimum absolute atomic E-state index is 0.103. The third-order valence-corrected chi connectivity index (χ3v) is 4.27. The molecule has 0 aromatic carbocycles. The minimum atomic E-state index is -0.673. The van der Waals surface area contributed by atoms with Crippen molar-refractivity contribution in [3.05, 3.63) is 15.6 Å². The Hall–Kier alpha value is -0.740. The van der Waals surface area contributed by atoms with Gasteiger partial charge in [0.1, 0.15) is 5.01 Å². The standard InChI is InChI=1S/C12H20N2OS/c1-5-12(13,6-2)10(15)7-11-14-8(3)9(4)16-11/h5-7,13H2,1-4H3. The van der Waals surface area contributed by atoms with Gasteiger partial charge in [0.15, 0.2) is 5.78 Å². The van der Waals surface area contributed by atoms with Gasteiger partial charge in [0.05, 0.1) is 17.7 Å². The molecule has 0 amide bonds. The van der Waals surface area contributed by atoms with Crippen molar-refractivity contribution in [2.45, 2.75) is 52.5 Å². The van der Waals surface area contributed by atoms with Crippen LogP contribution in [0.15, 0.2) is 0 Å². The van der Waals surface area contributed by atoms with Gasteiger partial charge in [0.2, 0.25) is 0 Å². The molecule has 1 aromatic rings. The predicted molar refractivity (Wildman–Crippen MR) is 67.8 cm³/mol. The third kappa shape index (κ3) is 2.68. The highest BCUT2D eigenvalue weighted by molar-refractivity contribution is 7.11. The van der Waals surface area contributed by atoms with Crippen LogP contribution >= 0.6 is 11.3 Å². The van der Waals surface area contributed by atoms with Crippen LogP contribution in [0, 0.1) is 13.8 Å². The van der Waals surface area contributed by atoms with Crippen LogP contribution in [0.5, 0.6) is 0 Å². The van der Waals surface area contributed by atoms with Gasteiger partial charge in [-0.3, -0.25) is 4.79 Å². The zero-order chi connectivity index (χ0) is 12.3. The summed E-state index contributed by atoms with van der Waals surface area (Å²) in [5.74, 6) is 0.103. The number of rotatable bonds is 5. The maximum atomic E-state index is 12.1. The average Bonchev–Trinajstić information content (AvgIpc) is 2.56. The van der Waals surface area contributed by atoms with E-state index in [0.29, 0.717) is 19.3 Å². The molecule has 1 heterocycles. The van der Waals surface area contributed by atoms with Crippen molar-refractivity contribution >= 4 is 17.1 Å². The minimum Gasteiger partial charge on any atom is -0.319 e. The lowest BCUT2D eigenvalue weighted by atomic mass is 9.88. The second-order valence-corrected chi connectivity index (χ2v) is 5.50. The van der Waals surface area contributed by atoms with Gasteiger partial charge in [-0.15, -0.1) is 11.3 Å². The van der Waals surface area contributed by atoms with Gasteiger partial charge >= 0.3 is 0 Å². The highest BCUT2D eigenvalue weighted by Gasteiger charge is 2.30. The van der Waals surface area contributed by atoms with E-state index in [-0.39, 0.29) is 5.78 Å². The molecule has 0 unspecified atom stereocenters. The Kier molecular flexibility index (Phi) is 4.21. The van der Waals surface area contributed by atoms with E-state index in [0.717, 1.165) is 10.7 Å². The highest BCUT2D eigenvalue weighted by Crippen LogP contribution is 2.20. The summed E-state index contributed by atoms with van der Waals surface area (Å²) < 4.78 is 0. The lowest BCUT2D eigenvalue weighted by Gasteiger charge is -2.24. The number of aromatic nitrogens is 1. The Morgan fingerprint density at radius 3 is 2.31 bits per heavy atom. The van der Waals surface area contributed by atoms with Crippen LogP contribution in [0.4, 0.5) is 0 Å². The van der Waals surface area contributed by atoms with Crippen LogP contribution in [-0.2, 0) is 11.2 Å². The molecule has 0 saturated carbocycles. The van der Waals surface area contributed by atoms with Gasteiger partial charge in [-0.2, -0.15) is 0 Å². The molecule has 90 valence electrons. The van der Waals surface area contributed by atoms with Gasteiger partial charge in [-0.05, 0) is 26.7 Å². The van der Waals surface area contributed by atoms with Crippen LogP contribution in [0.1, 0.15) is 42.3 Å². The van der Waals surface area contributed by atoms with E-state index in [1.54, 1.807) is 11.3 Å². The maximum Gasteiger partial charge on any atom is 0.159 e. The number of carbonyl (C=O) groups excluding carboxylic acids is 1. The summed E-state index contributed by atoms with van der Waals surface area (Å²) in [6.45, 7) is 7.91. The number of aryl methyl sites for hydroxylation is 2. The van der Waals surface area contributed by atoms with Crippen molar-refractivity contribution in [1.29, 1.82) is 0 Å². The molecular weight excluding hydrogens is 220 g/mol. The highest BCUT2D eigenvalue weighted by atomic mass is 32.1. The molecule has 0 aliphatic rings. The summed E-state index contributed by atoms with van der Waals surface area (Å²) >= 11 is 1.59. The topological polar surface area (TPSA) is 56.0 Å². The first-order valence-electron chi connectivity index (χ1n) is 5.68. The number of hydrogen-bond acceptors (Lipinski definition) is 4. The summed E-state index contributed by atoms with van der Waals surface area (Å²) in [6, 6.07) is 0. The molecular formula is C12H20N2OS. The molecule has 0 saturated heterocycles. The van der Waals surface area contributed by atoms with Crippen LogP contribution in [0.25, 0.3) is 0 Å². The number of ketones is 1. The van der Waals surface area contributed by atoms with Crippen LogP contribution in [0.3, 0.4) is 0 Å². The molecule has 0 aliphatic carbocycles. The van der Waals surface area contributed by atoms with E-state index >= 15 is 0 Å². The lowest BCUT2D eigenvalue weighted by molar-refractivity contribution is -0.123. The fraction of sp³-hybridized carbons (Fsp3) is 0.667. The number of thiazole rings is 1. The summed E-state index contributed by atoms with van der Waals surface area (Å²) in [5.41, 5.74) is 6.40. The van der Waals surface area contributed by atoms with Gasteiger partial charge in [0.25, 0.3) is 0 Å². The molecule has 0 radical (unpaired) electrons. The smallest absolute Gasteiger partial charge is 0.159 e. The van der Waals surface area contributed by atoms with Crippen LogP contribution in [-0.4, -0.2) is 16.3 Å². The predicted octanol–water partition coefficient (Wildman–Crippen LogP) is 2.39. The first kappa shape index (κ1) is 13.3. The van der Waals surface area contributed by atoms with E-state index in [1.807, 2.05) is 27.7 Å². The molecule has 1 aromatic heterocycles. The molecule has 0 spiro atoms.